The maximum atomic E-state index is 3.38. The molecular weight excluding hydrogens is 328 g/mol. The van der Waals surface area contributed by atoms with Gasteiger partial charge in [-0.1, -0.05) is 74.3 Å². The van der Waals surface area contributed by atoms with Crippen molar-refractivity contribution >= 4 is 13.3 Å². The van der Waals surface area contributed by atoms with E-state index in [4.69, 9.17) is 0 Å². The third-order valence-corrected chi connectivity index (χ3v) is 11.9. The zero-order valence-electron chi connectivity index (χ0n) is 16.5. The summed E-state index contributed by atoms with van der Waals surface area (Å²) in [6.45, 7) is 10.2. The highest BCUT2D eigenvalue weighted by Gasteiger charge is 2.55. The Kier molecular flexibility index (Phi) is 4.36. The largest absolute Gasteiger partial charge is 0.0837 e. The normalized spacial score (nSPS) is 26.4. The highest BCUT2D eigenvalue weighted by atomic mass is 28.3. The monoisotopic (exact) mass is 358 g/mol. The number of benzene rings is 2. The van der Waals surface area contributed by atoms with Gasteiger partial charge in [-0.05, 0) is 66.3 Å². The molecule has 0 nitrogen and oxygen atoms in total. The van der Waals surface area contributed by atoms with Gasteiger partial charge < -0.3 is 0 Å². The van der Waals surface area contributed by atoms with Crippen molar-refractivity contribution in [2.24, 2.45) is 17.3 Å². The van der Waals surface area contributed by atoms with Crippen molar-refractivity contribution in [1.82, 2.24) is 0 Å². The van der Waals surface area contributed by atoms with E-state index in [1.807, 2.05) is 18.2 Å². The third-order valence-electron chi connectivity index (χ3n) is 7.56. The summed E-state index contributed by atoms with van der Waals surface area (Å²) < 4.78 is 0. The summed E-state index contributed by atoms with van der Waals surface area (Å²) in [7, 11) is -1.46. The van der Waals surface area contributed by atoms with Crippen LogP contribution in [-0.2, 0) is 0 Å². The predicted octanol–water partition coefficient (Wildman–Crippen LogP) is 5.83. The third kappa shape index (κ3) is 3.05. The Morgan fingerprint density at radius 1 is 0.808 bits per heavy atom. The molecule has 0 spiro atoms. The molecule has 0 heterocycles. The number of rotatable bonds is 2. The minimum absolute atomic E-state index is 0.601. The van der Waals surface area contributed by atoms with Crippen molar-refractivity contribution in [3.05, 3.63) is 65.7 Å². The standard InChI is InChI=1S/C25H30Si/c1-25(2)21-16-22(25)18-24(17-21)26(3,4)23-12-8-11-20(15-23)14-13-19-9-6-5-7-10-19/h5-12,15,21-22,24H,16-18H2,1-4H3/t21-,22+,24?. The Bertz CT molecular complexity index is 836. The fraction of sp³-hybridized carbons (Fsp3) is 0.440. The summed E-state index contributed by atoms with van der Waals surface area (Å²) in [5.74, 6) is 8.60. The van der Waals surface area contributed by atoms with Crippen molar-refractivity contribution in [2.45, 2.75) is 51.7 Å². The average Bonchev–Trinajstić information content (AvgIpc) is 2.67. The van der Waals surface area contributed by atoms with E-state index in [9.17, 15) is 0 Å². The molecule has 2 aromatic carbocycles. The lowest BCUT2D eigenvalue weighted by Crippen LogP contribution is -2.56. The predicted molar refractivity (Wildman–Crippen MR) is 114 cm³/mol. The summed E-state index contributed by atoms with van der Waals surface area (Å²) >= 11 is 0. The van der Waals surface area contributed by atoms with Crippen LogP contribution in [0.25, 0.3) is 0 Å². The van der Waals surface area contributed by atoms with Crippen LogP contribution < -0.4 is 5.19 Å². The molecule has 3 aliphatic rings. The van der Waals surface area contributed by atoms with Gasteiger partial charge in [0.05, 0.1) is 8.07 Å². The molecule has 2 bridgehead atoms. The van der Waals surface area contributed by atoms with Crippen LogP contribution in [-0.4, -0.2) is 8.07 Å². The smallest absolute Gasteiger partial charge is 0.0652 e. The van der Waals surface area contributed by atoms with Crippen LogP contribution in [0.2, 0.25) is 18.6 Å². The first-order chi connectivity index (χ1) is 12.4. The zero-order valence-corrected chi connectivity index (χ0v) is 17.5. The Labute approximate surface area is 160 Å². The number of fused-ring (bicyclic) bond motifs is 2. The summed E-state index contributed by atoms with van der Waals surface area (Å²) in [5, 5.41) is 1.58. The van der Waals surface area contributed by atoms with Gasteiger partial charge in [0.1, 0.15) is 0 Å². The van der Waals surface area contributed by atoms with Gasteiger partial charge in [-0.15, -0.1) is 0 Å². The van der Waals surface area contributed by atoms with Crippen LogP contribution in [0, 0.1) is 29.1 Å². The van der Waals surface area contributed by atoms with Crippen LogP contribution >= 0.6 is 0 Å². The highest BCUT2D eigenvalue weighted by molar-refractivity contribution is 6.91. The minimum atomic E-state index is -1.46. The molecule has 134 valence electrons. The summed E-state index contributed by atoms with van der Waals surface area (Å²) in [6.07, 6.45) is 4.38. The molecule has 5 rings (SSSR count). The molecule has 3 aliphatic carbocycles. The van der Waals surface area contributed by atoms with Crippen LogP contribution in [0.5, 0.6) is 0 Å². The molecule has 1 heteroatoms. The summed E-state index contributed by atoms with van der Waals surface area (Å²) in [5.41, 5.74) is 3.78. The quantitative estimate of drug-likeness (QED) is 0.468. The van der Waals surface area contributed by atoms with E-state index in [0.717, 1.165) is 28.5 Å². The van der Waals surface area contributed by atoms with Crippen LogP contribution in [0.15, 0.2) is 54.6 Å². The first kappa shape index (κ1) is 17.6. The first-order valence-corrected chi connectivity index (χ1v) is 13.1. The maximum Gasteiger partial charge on any atom is 0.0837 e. The Hall–Kier alpha value is -1.78. The summed E-state index contributed by atoms with van der Waals surface area (Å²) in [6, 6.07) is 19.4. The van der Waals surface area contributed by atoms with Gasteiger partial charge in [-0.3, -0.25) is 0 Å². The second-order valence-corrected chi connectivity index (χ2v) is 14.4. The molecule has 2 aromatic rings. The molecule has 0 saturated heterocycles. The zero-order chi connectivity index (χ0) is 18.4. The topological polar surface area (TPSA) is 0 Å². The van der Waals surface area contributed by atoms with Crippen molar-refractivity contribution < 1.29 is 0 Å². The van der Waals surface area contributed by atoms with Crippen LogP contribution in [0.1, 0.15) is 44.2 Å². The van der Waals surface area contributed by atoms with E-state index in [2.05, 4.69) is 75.2 Å². The van der Waals surface area contributed by atoms with Crippen LogP contribution in [0.4, 0.5) is 0 Å². The van der Waals surface area contributed by atoms with Gasteiger partial charge in [0, 0.05) is 11.1 Å². The molecule has 3 saturated carbocycles. The molecule has 0 aromatic heterocycles. The van der Waals surface area contributed by atoms with Gasteiger partial charge in [-0.2, -0.15) is 0 Å². The van der Waals surface area contributed by atoms with Gasteiger partial charge in [-0.25, -0.2) is 0 Å². The maximum absolute atomic E-state index is 3.38. The molecule has 3 fully saturated rings. The first-order valence-electron chi connectivity index (χ1n) is 10.0. The lowest BCUT2D eigenvalue weighted by molar-refractivity contribution is -0.0653. The van der Waals surface area contributed by atoms with Gasteiger partial charge in [0.25, 0.3) is 0 Å². The fourth-order valence-electron chi connectivity index (χ4n) is 5.20. The average molecular weight is 359 g/mol. The van der Waals surface area contributed by atoms with E-state index in [0.29, 0.717) is 5.41 Å². The van der Waals surface area contributed by atoms with Crippen molar-refractivity contribution in [3.8, 4) is 11.8 Å². The van der Waals surface area contributed by atoms with E-state index >= 15 is 0 Å². The Morgan fingerprint density at radius 2 is 1.42 bits per heavy atom. The van der Waals surface area contributed by atoms with Gasteiger partial charge in [0.15, 0.2) is 0 Å². The van der Waals surface area contributed by atoms with Crippen molar-refractivity contribution in [3.63, 3.8) is 0 Å². The molecule has 1 unspecified atom stereocenters. The molecule has 0 radical (unpaired) electrons. The molecule has 0 amide bonds. The molecular formula is C25H30Si. The minimum Gasteiger partial charge on any atom is -0.0652 e. The Morgan fingerprint density at radius 3 is 2.08 bits per heavy atom. The van der Waals surface area contributed by atoms with Crippen molar-refractivity contribution in [1.29, 1.82) is 0 Å². The molecule has 0 N–H and O–H groups in total. The second-order valence-electron chi connectivity index (χ2n) is 9.54. The fourth-order valence-corrected chi connectivity index (χ4v) is 8.47. The van der Waals surface area contributed by atoms with E-state index < -0.39 is 8.07 Å². The van der Waals surface area contributed by atoms with E-state index in [1.54, 1.807) is 5.19 Å². The molecule has 26 heavy (non-hydrogen) atoms. The summed E-state index contributed by atoms with van der Waals surface area (Å²) in [4.78, 5) is 0. The lowest BCUT2D eigenvalue weighted by atomic mass is 9.49. The number of hydrogen-bond donors (Lipinski definition) is 0. The second kappa shape index (κ2) is 6.43. The lowest BCUT2D eigenvalue weighted by Gasteiger charge is -2.61. The van der Waals surface area contributed by atoms with Crippen molar-refractivity contribution in [2.75, 3.05) is 0 Å². The van der Waals surface area contributed by atoms with Gasteiger partial charge in [0.2, 0.25) is 0 Å². The SMILES string of the molecule is CC1(C)[C@@H]2CC([Si](C)(C)c3cccc(C#Cc4ccccc4)c3)C[C@H]1C2. The molecule has 3 atom stereocenters. The van der Waals surface area contributed by atoms with E-state index in [-0.39, 0.29) is 0 Å². The molecule has 0 aliphatic heterocycles. The number of hydrogen-bond acceptors (Lipinski definition) is 0. The van der Waals surface area contributed by atoms with Crippen LogP contribution in [0.3, 0.4) is 0 Å². The van der Waals surface area contributed by atoms with Gasteiger partial charge >= 0.3 is 0 Å². The van der Waals surface area contributed by atoms with E-state index in [1.165, 1.54) is 19.3 Å². The Balaban J connectivity index is 1.55. The highest BCUT2D eigenvalue weighted by Crippen LogP contribution is 2.63.